The molecule has 1 heterocycles. The Morgan fingerprint density at radius 2 is 1.85 bits per heavy atom. The lowest BCUT2D eigenvalue weighted by Gasteiger charge is -2.23. The van der Waals surface area contributed by atoms with E-state index in [4.69, 9.17) is 4.74 Å². The second-order valence-corrected chi connectivity index (χ2v) is 5.88. The van der Waals surface area contributed by atoms with E-state index in [1.54, 1.807) is 7.11 Å². The summed E-state index contributed by atoms with van der Waals surface area (Å²) in [5.41, 5.74) is 2.61. The molecule has 0 bridgehead atoms. The molecule has 2 N–H and O–H groups in total. The van der Waals surface area contributed by atoms with Crippen LogP contribution in [0.25, 0.3) is 10.9 Å². The van der Waals surface area contributed by atoms with Crippen molar-refractivity contribution in [3.63, 3.8) is 0 Å². The number of rotatable bonds is 4. The molecule has 0 radical (unpaired) electrons. The first-order valence-corrected chi connectivity index (χ1v) is 6.34. The second-order valence-electron chi connectivity index (χ2n) is 5.88. The van der Waals surface area contributed by atoms with Crippen LogP contribution in [0.1, 0.15) is 5.56 Å². The third-order valence-corrected chi connectivity index (χ3v) is 3.33. The van der Waals surface area contributed by atoms with Crippen molar-refractivity contribution in [2.45, 2.75) is 6.42 Å². The maximum absolute atomic E-state index is 5.49. The number of benzene rings is 1. The number of hydrogen-bond donors (Lipinski definition) is 0. The average molecular weight is 392 g/mol. The standard InChI is InChI=1S/C15H23N2O.HI.H2O/c1-16-11-12(9-10-17(2,3)4)15-13(16)7-6-8-14(15)18-5;;/h6-8,11H,9-10H2,1-5H3;1H;1H2/q+1;;/p-1. The average Bonchev–Trinajstić information content (AvgIpc) is 2.63. The lowest BCUT2D eigenvalue weighted by atomic mass is 10.1. The molecule has 0 amide bonds. The van der Waals surface area contributed by atoms with E-state index in [-0.39, 0.29) is 29.5 Å². The third-order valence-electron chi connectivity index (χ3n) is 3.33. The zero-order chi connectivity index (χ0) is 13.3. The zero-order valence-electron chi connectivity index (χ0n) is 12.9. The number of ether oxygens (including phenoxy) is 1. The normalized spacial score (nSPS) is 10.8. The molecule has 0 saturated carbocycles. The summed E-state index contributed by atoms with van der Waals surface area (Å²) in [6, 6.07) is 6.23. The van der Waals surface area contributed by atoms with Crippen LogP contribution in [0.2, 0.25) is 0 Å². The lowest BCUT2D eigenvalue weighted by Crippen LogP contribution is -3.00. The maximum atomic E-state index is 5.49. The third kappa shape index (κ3) is 4.10. The molecule has 5 heteroatoms. The number of methoxy groups -OCH3 is 1. The Morgan fingerprint density at radius 3 is 2.40 bits per heavy atom. The van der Waals surface area contributed by atoms with Gasteiger partial charge in [-0.3, -0.25) is 0 Å². The first-order chi connectivity index (χ1) is 8.42. The van der Waals surface area contributed by atoms with Gasteiger partial charge in [-0.15, -0.1) is 0 Å². The number of aromatic nitrogens is 1. The number of nitrogens with zero attached hydrogens (tertiary/aromatic N) is 2. The quantitative estimate of drug-likeness (QED) is 0.467. The van der Waals surface area contributed by atoms with Crippen molar-refractivity contribution < 1.29 is 38.7 Å². The highest BCUT2D eigenvalue weighted by Gasteiger charge is 2.14. The fourth-order valence-corrected chi connectivity index (χ4v) is 2.32. The van der Waals surface area contributed by atoms with Gasteiger partial charge in [-0.05, 0) is 17.7 Å². The van der Waals surface area contributed by atoms with Crippen LogP contribution in [-0.4, -0.2) is 49.3 Å². The minimum absolute atomic E-state index is 0. The summed E-state index contributed by atoms with van der Waals surface area (Å²) >= 11 is 0. The topological polar surface area (TPSA) is 45.7 Å². The van der Waals surface area contributed by atoms with Gasteiger partial charge in [-0.1, -0.05) is 6.07 Å². The van der Waals surface area contributed by atoms with Crippen LogP contribution in [-0.2, 0) is 13.5 Å². The molecule has 1 aromatic carbocycles. The summed E-state index contributed by atoms with van der Waals surface area (Å²) in [6.07, 6.45) is 3.30. The van der Waals surface area contributed by atoms with Gasteiger partial charge in [-0.25, -0.2) is 0 Å². The highest BCUT2D eigenvalue weighted by atomic mass is 127. The van der Waals surface area contributed by atoms with Crippen LogP contribution >= 0.6 is 0 Å². The van der Waals surface area contributed by atoms with Crippen molar-refractivity contribution >= 4 is 10.9 Å². The first-order valence-electron chi connectivity index (χ1n) is 6.34. The summed E-state index contributed by atoms with van der Waals surface area (Å²) in [6.45, 7) is 1.12. The van der Waals surface area contributed by atoms with Gasteiger partial charge in [0.25, 0.3) is 0 Å². The molecule has 2 rings (SSSR count). The predicted octanol–water partition coefficient (Wildman–Crippen LogP) is -1.39. The molecule has 0 fully saturated rings. The number of likely N-dealkylation sites (N-methyl/N-ethyl adjacent to an activating group) is 1. The van der Waals surface area contributed by atoms with Crippen LogP contribution in [0.4, 0.5) is 0 Å². The van der Waals surface area contributed by atoms with Gasteiger partial charge in [0.2, 0.25) is 0 Å². The monoisotopic (exact) mass is 392 g/mol. The number of hydrogen-bond acceptors (Lipinski definition) is 1. The second kappa shape index (κ2) is 7.28. The lowest BCUT2D eigenvalue weighted by molar-refractivity contribution is -0.870. The fraction of sp³-hybridized carbons (Fsp3) is 0.467. The minimum atomic E-state index is 0. The SMILES string of the molecule is COc1cccc2c1c(CC[N+](C)(C)C)cn2C.O.[I-]. The molecule has 114 valence electrons. The van der Waals surface area contributed by atoms with Crippen molar-refractivity contribution in [3.05, 3.63) is 30.0 Å². The summed E-state index contributed by atoms with van der Waals surface area (Å²) < 4.78 is 8.66. The van der Waals surface area contributed by atoms with E-state index in [1.165, 1.54) is 16.5 Å². The molecule has 0 atom stereocenters. The Bertz CT molecular complexity index is 559. The summed E-state index contributed by atoms with van der Waals surface area (Å²) in [5.74, 6) is 0.976. The molecule has 0 unspecified atom stereocenters. The molecule has 20 heavy (non-hydrogen) atoms. The Kier molecular flexibility index (Phi) is 7.00. The van der Waals surface area contributed by atoms with E-state index in [2.05, 4.69) is 45.0 Å². The van der Waals surface area contributed by atoms with Gasteiger partial charge in [-0.2, -0.15) is 0 Å². The Morgan fingerprint density at radius 1 is 1.20 bits per heavy atom. The number of aryl methyl sites for hydroxylation is 1. The summed E-state index contributed by atoms with van der Waals surface area (Å²) in [5, 5.41) is 1.26. The highest BCUT2D eigenvalue weighted by Crippen LogP contribution is 2.30. The molecule has 0 saturated heterocycles. The van der Waals surface area contributed by atoms with Gasteiger partial charge in [0, 0.05) is 25.1 Å². The molecule has 2 aromatic rings. The Balaban J connectivity index is 0.00000180. The van der Waals surface area contributed by atoms with Crippen molar-refractivity contribution in [3.8, 4) is 5.75 Å². The van der Waals surface area contributed by atoms with E-state index >= 15 is 0 Å². The van der Waals surface area contributed by atoms with E-state index in [9.17, 15) is 0 Å². The van der Waals surface area contributed by atoms with Crippen LogP contribution in [0.5, 0.6) is 5.75 Å². The molecule has 4 nitrogen and oxygen atoms in total. The minimum Gasteiger partial charge on any atom is -1.00 e. The van der Waals surface area contributed by atoms with E-state index in [0.717, 1.165) is 23.2 Å². The van der Waals surface area contributed by atoms with Crippen LogP contribution < -0.4 is 28.7 Å². The number of halogens is 1. The van der Waals surface area contributed by atoms with Crippen LogP contribution in [0.15, 0.2) is 24.4 Å². The Hall–Kier alpha value is -0.790. The maximum Gasteiger partial charge on any atom is 0.128 e. The molecule has 0 aliphatic heterocycles. The van der Waals surface area contributed by atoms with Gasteiger partial charge in [0.15, 0.2) is 0 Å². The largest absolute Gasteiger partial charge is 1.00 e. The van der Waals surface area contributed by atoms with Crippen molar-refractivity contribution in [2.75, 3.05) is 34.8 Å². The fourth-order valence-electron chi connectivity index (χ4n) is 2.32. The predicted molar refractivity (Wildman–Crippen MR) is 79.7 cm³/mol. The Labute approximate surface area is 138 Å². The van der Waals surface area contributed by atoms with E-state index in [1.807, 2.05) is 12.1 Å². The molecule has 0 aliphatic carbocycles. The highest BCUT2D eigenvalue weighted by molar-refractivity contribution is 5.90. The van der Waals surface area contributed by atoms with Crippen molar-refractivity contribution in [1.82, 2.24) is 4.57 Å². The van der Waals surface area contributed by atoms with E-state index in [0.29, 0.717) is 0 Å². The van der Waals surface area contributed by atoms with Gasteiger partial charge in [0.05, 0.1) is 40.3 Å². The molecular weight excluding hydrogens is 367 g/mol. The van der Waals surface area contributed by atoms with Crippen LogP contribution in [0, 0.1) is 0 Å². The number of fused-ring (bicyclic) bond motifs is 1. The number of quaternary nitrogens is 1. The van der Waals surface area contributed by atoms with E-state index < -0.39 is 0 Å². The molecular formula is C15H25IN2O2. The smallest absolute Gasteiger partial charge is 0.128 e. The van der Waals surface area contributed by atoms with Gasteiger partial charge in [0.1, 0.15) is 5.75 Å². The van der Waals surface area contributed by atoms with Gasteiger partial charge < -0.3 is 43.2 Å². The van der Waals surface area contributed by atoms with Crippen LogP contribution in [0.3, 0.4) is 0 Å². The molecule has 0 spiro atoms. The van der Waals surface area contributed by atoms with Crippen molar-refractivity contribution in [1.29, 1.82) is 0 Å². The van der Waals surface area contributed by atoms with Gasteiger partial charge >= 0.3 is 0 Å². The van der Waals surface area contributed by atoms with Crippen molar-refractivity contribution in [2.24, 2.45) is 7.05 Å². The molecule has 0 aliphatic rings. The zero-order valence-corrected chi connectivity index (χ0v) is 15.1. The summed E-state index contributed by atoms with van der Waals surface area (Å²) in [4.78, 5) is 0. The summed E-state index contributed by atoms with van der Waals surface area (Å²) in [7, 11) is 10.5. The molecule has 1 aromatic heterocycles. The first kappa shape index (κ1) is 19.2.